The van der Waals surface area contributed by atoms with Crippen molar-refractivity contribution in [3.8, 4) is 0 Å². The molecule has 1 rings (SSSR count). The number of rotatable bonds is 6. The second-order valence-corrected chi connectivity index (χ2v) is 6.24. The monoisotopic (exact) mass is 291 g/mol. The van der Waals surface area contributed by atoms with E-state index in [1.165, 1.54) is 0 Å². The van der Waals surface area contributed by atoms with Crippen LogP contribution in [0.15, 0.2) is 24.3 Å². The third-order valence-corrected chi connectivity index (χ3v) is 2.78. The average Bonchev–Trinajstić information content (AvgIpc) is 2.32. The van der Waals surface area contributed by atoms with Crippen LogP contribution in [0, 0.1) is 6.92 Å². The standard InChI is InChI=1S/C17H25NO3/c1-13-7-5-8-14(11-13)12-15(19)9-6-10-18-16(20)21-17(2,3)4/h5,7-8,11H,6,9-10,12H2,1-4H3,(H,18,20). The van der Waals surface area contributed by atoms with Gasteiger partial charge in [-0.25, -0.2) is 4.79 Å². The Morgan fingerprint density at radius 2 is 1.95 bits per heavy atom. The molecule has 1 aromatic rings. The zero-order valence-corrected chi connectivity index (χ0v) is 13.4. The number of amides is 1. The molecule has 4 heteroatoms. The Balaban J connectivity index is 2.21. The van der Waals surface area contributed by atoms with Gasteiger partial charge in [-0.1, -0.05) is 29.8 Å². The van der Waals surface area contributed by atoms with Crippen molar-refractivity contribution in [3.63, 3.8) is 0 Å². The molecule has 4 nitrogen and oxygen atoms in total. The number of benzene rings is 1. The second kappa shape index (κ2) is 7.81. The lowest BCUT2D eigenvalue weighted by Gasteiger charge is -2.19. The van der Waals surface area contributed by atoms with Crippen molar-refractivity contribution in [2.45, 2.75) is 52.6 Å². The Labute approximate surface area is 126 Å². The predicted octanol–water partition coefficient (Wildman–Crippen LogP) is 3.41. The van der Waals surface area contributed by atoms with Crippen LogP contribution < -0.4 is 5.32 Å². The summed E-state index contributed by atoms with van der Waals surface area (Å²) in [6.07, 6.45) is 1.11. The summed E-state index contributed by atoms with van der Waals surface area (Å²) in [5.41, 5.74) is 1.71. The zero-order valence-electron chi connectivity index (χ0n) is 13.4. The molecule has 0 bridgehead atoms. The molecule has 0 unspecified atom stereocenters. The molecule has 0 aromatic heterocycles. The molecule has 21 heavy (non-hydrogen) atoms. The molecule has 0 aliphatic heterocycles. The Kier molecular flexibility index (Phi) is 6.40. The third-order valence-electron chi connectivity index (χ3n) is 2.78. The van der Waals surface area contributed by atoms with Gasteiger partial charge in [-0.05, 0) is 39.7 Å². The largest absolute Gasteiger partial charge is 0.444 e. The van der Waals surface area contributed by atoms with Crippen LogP contribution in [0.1, 0.15) is 44.7 Å². The molecule has 116 valence electrons. The maximum atomic E-state index is 11.9. The van der Waals surface area contributed by atoms with E-state index in [0.29, 0.717) is 25.8 Å². The summed E-state index contributed by atoms with van der Waals surface area (Å²) in [6, 6.07) is 7.96. The molecule has 0 heterocycles. The quantitative estimate of drug-likeness (QED) is 0.817. The van der Waals surface area contributed by atoms with Gasteiger partial charge < -0.3 is 10.1 Å². The van der Waals surface area contributed by atoms with Crippen LogP contribution in [0.25, 0.3) is 0 Å². The molecule has 0 saturated carbocycles. The molecule has 0 fully saturated rings. The van der Waals surface area contributed by atoms with Gasteiger partial charge in [0.2, 0.25) is 0 Å². The average molecular weight is 291 g/mol. The minimum atomic E-state index is -0.495. The van der Waals surface area contributed by atoms with Gasteiger partial charge in [-0.15, -0.1) is 0 Å². The van der Waals surface area contributed by atoms with Crippen molar-refractivity contribution in [1.82, 2.24) is 5.32 Å². The first kappa shape index (κ1) is 17.2. The fraction of sp³-hybridized carbons (Fsp3) is 0.529. The molecule has 1 aromatic carbocycles. The van der Waals surface area contributed by atoms with Crippen molar-refractivity contribution < 1.29 is 14.3 Å². The highest BCUT2D eigenvalue weighted by Crippen LogP contribution is 2.08. The summed E-state index contributed by atoms with van der Waals surface area (Å²) in [4.78, 5) is 23.3. The number of aryl methyl sites for hydroxylation is 1. The fourth-order valence-electron chi connectivity index (χ4n) is 1.93. The van der Waals surface area contributed by atoms with Crippen LogP contribution in [0.4, 0.5) is 4.79 Å². The molecule has 0 spiro atoms. The van der Waals surface area contributed by atoms with E-state index in [4.69, 9.17) is 4.74 Å². The minimum absolute atomic E-state index is 0.187. The lowest BCUT2D eigenvalue weighted by atomic mass is 10.0. The molecular formula is C17H25NO3. The van der Waals surface area contributed by atoms with Crippen molar-refractivity contribution >= 4 is 11.9 Å². The highest BCUT2D eigenvalue weighted by Gasteiger charge is 2.15. The number of carbonyl (C=O) groups is 2. The van der Waals surface area contributed by atoms with Crippen LogP contribution in [0.5, 0.6) is 0 Å². The van der Waals surface area contributed by atoms with Gasteiger partial charge in [0.25, 0.3) is 0 Å². The first-order chi connectivity index (χ1) is 9.76. The number of Topliss-reactive ketones (excluding diaryl/α,β-unsaturated/α-hetero) is 1. The van der Waals surface area contributed by atoms with Gasteiger partial charge in [-0.2, -0.15) is 0 Å². The van der Waals surface area contributed by atoms with Crippen molar-refractivity contribution in [1.29, 1.82) is 0 Å². The normalized spacial score (nSPS) is 11.0. The number of hydrogen-bond donors (Lipinski definition) is 1. The maximum absolute atomic E-state index is 11.9. The number of carbonyl (C=O) groups excluding carboxylic acids is 2. The lowest BCUT2D eigenvalue weighted by Crippen LogP contribution is -2.33. The van der Waals surface area contributed by atoms with E-state index in [1.807, 2.05) is 52.0 Å². The van der Waals surface area contributed by atoms with Gasteiger partial charge in [-0.3, -0.25) is 4.79 Å². The highest BCUT2D eigenvalue weighted by atomic mass is 16.6. The zero-order chi connectivity index (χ0) is 15.9. The molecule has 0 atom stereocenters. The smallest absolute Gasteiger partial charge is 0.407 e. The SMILES string of the molecule is Cc1cccc(CC(=O)CCCNC(=O)OC(C)(C)C)c1. The Bertz CT molecular complexity index is 489. The van der Waals surface area contributed by atoms with Crippen LogP contribution in [-0.4, -0.2) is 24.0 Å². The first-order valence-electron chi connectivity index (χ1n) is 7.30. The van der Waals surface area contributed by atoms with E-state index in [-0.39, 0.29) is 5.78 Å². The topological polar surface area (TPSA) is 55.4 Å². The van der Waals surface area contributed by atoms with Crippen LogP contribution in [0.2, 0.25) is 0 Å². The molecule has 0 aliphatic carbocycles. The van der Waals surface area contributed by atoms with Crippen LogP contribution >= 0.6 is 0 Å². The maximum Gasteiger partial charge on any atom is 0.407 e. The molecule has 1 N–H and O–H groups in total. The highest BCUT2D eigenvalue weighted by molar-refractivity contribution is 5.80. The Morgan fingerprint density at radius 3 is 2.57 bits per heavy atom. The summed E-state index contributed by atoms with van der Waals surface area (Å²) >= 11 is 0. The van der Waals surface area contributed by atoms with E-state index < -0.39 is 11.7 Å². The van der Waals surface area contributed by atoms with Gasteiger partial charge in [0.15, 0.2) is 0 Å². The summed E-state index contributed by atoms with van der Waals surface area (Å²) in [5, 5.41) is 2.65. The number of ketones is 1. The summed E-state index contributed by atoms with van der Waals surface area (Å²) in [6.45, 7) is 7.92. The van der Waals surface area contributed by atoms with E-state index in [0.717, 1.165) is 11.1 Å². The molecule has 0 saturated heterocycles. The van der Waals surface area contributed by atoms with Crippen LogP contribution in [0.3, 0.4) is 0 Å². The molecule has 0 aliphatic rings. The van der Waals surface area contributed by atoms with E-state index in [1.54, 1.807) is 0 Å². The number of nitrogens with one attached hydrogen (secondary N) is 1. The van der Waals surface area contributed by atoms with Gasteiger partial charge in [0, 0.05) is 19.4 Å². The van der Waals surface area contributed by atoms with Crippen molar-refractivity contribution in [2.75, 3.05) is 6.54 Å². The third kappa shape index (κ3) is 8.12. The van der Waals surface area contributed by atoms with Crippen molar-refractivity contribution in [3.05, 3.63) is 35.4 Å². The predicted molar refractivity (Wildman–Crippen MR) is 83.4 cm³/mol. The Morgan fingerprint density at radius 1 is 1.24 bits per heavy atom. The molecular weight excluding hydrogens is 266 g/mol. The van der Waals surface area contributed by atoms with Gasteiger partial charge >= 0.3 is 6.09 Å². The fourth-order valence-corrected chi connectivity index (χ4v) is 1.93. The lowest BCUT2D eigenvalue weighted by molar-refractivity contribution is -0.118. The molecule has 0 radical (unpaired) electrons. The summed E-state index contributed by atoms with van der Waals surface area (Å²) in [5.74, 6) is 0.187. The van der Waals surface area contributed by atoms with Crippen LogP contribution in [-0.2, 0) is 16.0 Å². The first-order valence-corrected chi connectivity index (χ1v) is 7.30. The number of hydrogen-bond acceptors (Lipinski definition) is 3. The Hall–Kier alpha value is -1.84. The summed E-state index contributed by atoms with van der Waals surface area (Å²) in [7, 11) is 0. The number of ether oxygens (including phenoxy) is 1. The van der Waals surface area contributed by atoms with Gasteiger partial charge in [0.05, 0.1) is 0 Å². The van der Waals surface area contributed by atoms with E-state index >= 15 is 0 Å². The summed E-state index contributed by atoms with van der Waals surface area (Å²) < 4.78 is 5.12. The minimum Gasteiger partial charge on any atom is -0.444 e. The van der Waals surface area contributed by atoms with Crippen molar-refractivity contribution in [2.24, 2.45) is 0 Å². The van der Waals surface area contributed by atoms with E-state index in [9.17, 15) is 9.59 Å². The van der Waals surface area contributed by atoms with Gasteiger partial charge in [0.1, 0.15) is 11.4 Å². The molecule has 1 amide bonds. The number of alkyl carbamates (subject to hydrolysis) is 1. The van der Waals surface area contributed by atoms with E-state index in [2.05, 4.69) is 5.32 Å². The second-order valence-electron chi connectivity index (χ2n) is 6.24.